The van der Waals surface area contributed by atoms with Crippen molar-refractivity contribution in [3.8, 4) is 0 Å². The van der Waals surface area contributed by atoms with Crippen molar-refractivity contribution in [3.05, 3.63) is 60.2 Å². The molecule has 0 saturated carbocycles. The van der Waals surface area contributed by atoms with Crippen LogP contribution in [0.4, 0.5) is 0 Å². The minimum Gasteiger partial charge on any atom is -0.318 e. The van der Waals surface area contributed by atoms with Gasteiger partial charge in [0.05, 0.1) is 11.0 Å². The van der Waals surface area contributed by atoms with Gasteiger partial charge < -0.3 is 4.57 Å². The van der Waals surface area contributed by atoms with Gasteiger partial charge in [0, 0.05) is 18.8 Å². The Morgan fingerprint density at radius 2 is 2.13 bits per heavy atom. The Balaban J connectivity index is 1.64. The Kier molecular flexibility index (Phi) is 4.63. The number of aryl methyl sites for hydroxylation is 1. The molecule has 1 aromatic carbocycles. The fourth-order valence-electron chi connectivity index (χ4n) is 2.43. The van der Waals surface area contributed by atoms with Gasteiger partial charge in [-0.05, 0) is 23.8 Å². The minimum atomic E-state index is -0.216. The summed E-state index contributed by atoms with van der Waals surface area (Å²) in [6, 6.07) is 11.5. The molecular formula is C17H18N4O2. The Hall–Kier alpha value is -2.73. The van der Waals surface area contributed by atoms with Crippen molar-refractivity contribution in [1.29, 1.82) is 0 Å². The zero-order chi connectivity index (χ0) is 16.1. The summed E-state index contributed by atoms with van der Waals surface area (Å²) in [4.78, 5) is 25.9. The number of amides is 1. The number of benzene rings is 1. The number of carbonyl (C=O) groups is 1. The lowest BCUT2D eigenvalue weighted by atomic mass is 10.3. The van der Waals surface area contributed by atoms with Gasteiger partial charge in [-0.25, -0.2) is 10.5 Å². The lowest BCUT2D eigenvalue weighted by Gasteiger charge is -2.09. The molecule has 1 amide bonds. The van der Waals surface area contributed by atoms with Crippen LogP contribution in [0.3, 0.4) is 0 Å². The van der Waals surface area contributed by atoms with E-state index in [9.17, 15) is 4.79 Å². The number of carbonyl (C=O) groups excluding carboxylic acids is 1. The molecule has 0 aliphatic rings. The smallest absolute Gasteiger partial charge is 0.263 e. The highest BCUT2D eigenvalue weighted by atomic mass is 16.6. The van der Waals surface area contributed by atoms with Crippen molar-refractivity contribution in [2.45, 2.75) is 26.5 Å². The first kappa shape index (κ1) is 15.2. The fraction of sp³-hybridized carbons (Fsp3) is 0.235. The van der Waals surface area contributed by atoms with E-state index in [1.165, 1.54) is 0 Å². The van der Waals surface area contributed by atoms with Gasteiger partial charge in [-0.2, -0.15) is 0 Å². The molecule has 0 radical (unpaired) electrons. The van der Waals surface area contributed by atoms with Crippen LogP contribution in [0.5, 0.6) is 0 Å². The van der Waals surface area contributed by atoms with E-state index in [4.69, 9.17) is 4.84 Å². The summed E-state index contributed by atoms with van der Waals surface area (Å²) < 4.78 is 1.91. The molecule has 0 atom stereocenters. The predicted octanol–water partition coefficient (Wildman–Crippen LogP) is 2.24. The number of imidazole rings is 1. The van der Waals surface area contributed by atoms with E-state index in [1.54, 1.807) is 12.4 Å². The molecule has 6 heteroatoms. The van der Waals surface area contributed by atoms with Crippen LogP contribution in [0.1, 0.15) is 18.3 Å². The van der Waals surface area contributed by atoms with E-state index >= 15 is 0 Å². The number of hydrogen-bond acceptors (Lipinski definition) is 4. The van der Waals surface area contributed by atoms with E-state index in [0.717, 1.165) is 28.8 Å². The second kappa shape index (κ2) is 7.02. The number of pyridine rings is 1. The molecule has 3 rings (SSSR count). The highest BCUT2D eigenvalue weighted by Gasteiger charge is 2.12. The van der Waals surface area contributed by atoms with Crippen LogP contribution >= 0.6 is 0 Å². The van der Waals surface area contributed by atoms with Crippen LogP contribution in [0, 0.1) is 0 Å². The lowest BCUT2D eigenvalue weighted by Crippen LogP contribution is -2.28. The number of rotatable bonds is 6. The highest BCUT2D eigenvalue weighted by molar-refractivity contribution is 5.80. The van der Waals surface area contributed by atoms with Crippen LogP contribution < -0.4 is 5.48 Å². The van der Waals surface area contributed by atoms with E-state index in [0.29, 0.717) is 0 Å². The summed E-state index contributed by atoms with van der Waals surface area (Å²) in [6.45, 7) is 2.48. The molecule has 6 nitrogen and oxygen atoms in total. The van der Waals surface area contributed by atoms with Gasteiger partial charge in [-0.1, -0.05) is 25.1 Å². The van der Waals surface area contributed by atoms with E-state index < -0.39 is 0 Å². The molecule has 1 N–H and O–H groups in total. The zero-order valence-corrected chi connectivity index (χ0v) is 12.9. The molecule has 0 unspecified atom stereocenters. The van der Waals surface area contributed by atoms with E-state index in [2.05, 4.69) is 15.4 Å². The number of aromatic nitrogens is 3. The number of hydrogen-bond donors (Lipinski definition) is 1. The first-order valence-corrected chi connectivity index (χ1v) is 7.51. The predicted molar refractivity (Wildman–Crippen MR) is 86.3 cm³/mol. The molecule has 23 heavy (non-hydrogen) atoms. The standard InChI is InChI=1S/C17H18N4O2/c1-2-16-19-14-7-3-4-8-15(14)21(16)11-17(22)20-23-12-13-6-5-9-18-10-13/h3-10H,2,11-12H2,1H3,(H,20,22). The highest BCUT2D eigenvalue weighted by Crippen LogP contribution is 2.16. The Labute approximate surface area is 134 Å². The summed E-state index contributed by atoms with van der Waals surface area (Å²) >= 11 is 0. The van der Waals surface area contributed by atoms with Crippen LogP contribution in [0.15, 0.2) is 48.8 Å². The SMILES string of the molecule is CCc1nc2ccccc2n1CC(=O)NOCc1cccnc1. The van der Waals surface area contributed by atoms with E-state index in [1.807, 2.05) is 47.9 Å². The van der Waals surface area contributed by atoms with Gasteiger partial charge in [0.25, 0.3) is 5.91 Å². The molecule has 118 valence electrons. The van der Waals surface area contributed by atoms with Gasteiger partial charge >= 0.3 is 0 Å². The molecule has 2 heterocycles. The molecule has 0 spiro atoms. The first-order valence-electron chi connectivity index (χ1n) is 7.51. The number of nitrogens with zero attached hydrogens (tertiary/aromatic N) is 3. The van der Waals surface area contributed by atoms with Crippen molar-refractivity contribution < 1.29 is 9.63 Å². The summed E-state index contributed by atoms with van der Waals surface area (Å²) in [7, 11) is 0. The quantitative estimate of drug-likeness (QED) is 0.709. The third-order valence-corrected chi connectivity index (χ3v) is 3.50. The minimum absolute atomic E-state index is 0.177. The topological polar surface area (TPSA) is 69.0 Å². The largest absolute Gasteiger partial charge is 0.318 e. The molecule has 0 aliphatic heterocycles. The monoisotopic (exact) mass is 310 g/mol. The van der Waals surface area contributed by atoms with Crippen LogP contribution in [0.25, 0.3) is 11.0 Å². The van der Waals surface area contributed by atoms with Gasteiger partial charge in [-0.3, -0.25) is 14.6 Å². The molecule has 0 aliphatic carbocycles. The summed E-state index contributed by atoms with van der Waals surface area (Å²) in [5.41, 5.74) is 5.22. The maximum atomic E-state index is 12.1. The number of para-hydroxylation sites is 2. The van der Waals surface area contributed by atoms with Crippen LogP contribution in [-0.2, 0) is 29.2 Å². The van der Waals surface area contributed by atoms with Crippen molar-refractivity contribution in [2.24, 2.45) is 0 Å². The van der Waals surface area contributed by atoms with Gasteiger partial charge in [-0.15, -0.1) is 0 Å². The van der Waals surface area contributed by atoms with Crippen LogP contribution in [0.2, 0.25) is 0 Å². The zero-order valence-electron chi connectivity index (χ0n) is 12.9. The lowest BCUT2D eigenvalue weighted by molar-refractivity contribution is -0.135. The van der Waals surface area contributed by atoms with Crippen LogP contribution in [-0.4, -0.2) is 20.4 Å². The Morgan fingerprint density at radius 1 is 1.26 bits per heavy atom. The molecular weight excluding hydrogens is 292 g/mol. The number of hydroxylamine groups is 1. The summed E-state index contributed by atoms with van der Waals surface area (Å²) in [5, 5.41) is 0. The van der Waals surface area contributed by atoms with Crippen molar-refractivity contribution in [2.75, 3.05) is 0 Å². The maximum Gasteiger partial charge on any atom is 0.263 e. The average Bonchev–Trinajstić information content (AvgIpc) is 2.94. The second-order valence-corrected chi connectivity index (χ2v) is 5.13. The molecule has 2 aromatic heterocycles. The Bertz CT molecular complexity index is 799. The average molecular weight is 310 g/mol. The summed E-state index contributed by atoms with van der Waals surface area (Å²) in [5.74, 6) is 0.667. The maximum absolute atomic E-state index is 12.1. The number of fused-ring (bicyclic) bond motifs is 1. The van der Waals surface area contributed by atoms with Crippen molar-refractivity contribution in [3.63, 3.8) is 0 Å². The number of nitrogens with one attached hydrogen (secondary N) is 1. The third kappa shape index (κ3) is 3.54. The molecule has 0 fully saturated rings. The fourth-order valence-corrected chi connectivity index (χ4v) is 2.43. The first-order chi connectivity index (χ1) is 11.3. The summed E-state index contributed by atoms with van der Waals surface area (Å²) in [6.07, 6.45) is 4.15. The normalized spacial score (nSPS) is 10.8. The van der Waals surface area contributed by atoms with Gasteiger partial charge in [0.1, 0.15) is 19.0 Å². The second-order valence-electron chi connectivity index (χ2n) is 5.13. The van der Waals surface area contributed by atoms with Gasteiger partial charge in [0.15, 0.2) is 0 Å². The third-order valence-electron chi connectivity index (χ3n) is 3.50. The van der Waals surface area contributed by atoms with Gasteiger partial charge in [0.2, 0.25) is 0 Å². The molecule has 0 bridgehead atoms. The van der Waals surface area contributed by atoms with Crippen molar-refractivity contribution >= 4 is 16.9 Å². The molecule has 0 saturated heterocycles. The Morgan fingerprint density at radius 3 is 2.91 bits per heavy atom. The van der Waals surface area contributed by atoms with Crippen molar-refractivity contribution in [1.82, 2.24) is 20.0 Å². The molecule has 3 aromatic rings. The van der Waals surface area contributed by atoms with E-state index in [-0.39, 0.29) is 19.1 Å².